The number of ketones is 1. The molecule has 1 fully saturated rings. The van der Waals surface area contributed by atoms with Crippen LogP contribution in [0.3, 0.4) is 0 Å². The lowest BCUT2D eigenvalue weighted by Crippen LogP contribution is -2.47. The van der Waals surface area contributed by atoms with Gasteiger partial charge in [-0.15, -0.1) is 0 Å². The number of aromatic nitrogens is 1. The molecule has 182 valence electrons. The zero-order valence-electron chi connectivity index (χ0n) is 18.7. The lowest BCUT2D eigenvalue weighted by molar-refractivity contribution is -0.152. The molecule has 9 nitrogen and oxygen atoms in total. The molecule has 1 saturated heterocycles. The van der Waals surface area contributed by atoms with Gasteiger partial charge in [0.05, 0.1) is 5.56 Å². The van der Waals surface area contributed by atoms with Gasteiger partial charge in [0.15, 0.2) is 6.61 Å². The van der Waals surface area contributed by atoms with Gasteiger partial charge in [-0.05, 0) is 55.2 Å². The number of nitrogens with two attached hydrogens (primary N) is 1. The summed E-state index contributed by atoms with van der Waals surface area (Å²) in [7, 11) is 0. The Morgan fingerprint density at radius 1 is 1.26 bits per heavy atom. The minimum atomic E-state index is -1.10. The second kappa shape index (κ2) is 9.83. The lowest BCUT2D eigenvalue weighted by Gasteiger charge is -2.33. The second-order valence-corrected chi connectivity index (χ2v) is 8.78. The number of ether oxygens (including phenoxy) is 1. The molecule has 1 unspecified atom stereocenters. The van der Waals surface area contributed by atoms with Crippen LogP contribution in [0.2, 0.25) is 5.02 Å². The number of nitrogen functional groups attached to an aromatic ring is 1. The third kappa shape index (κ3) is 5.17. The predicted molar refractivity (Wildman–Crippen MR) is 126 cm³/mol. The highest BCUT2D eigenvalue weighted by Crippen LogP contribution is 2.38. The summed E-state index contributed by atoms with van der Waals surface area (Å²) in [6, 6.07) is 6.39. The quantitative estimate of drug-likeness (QED) is 0.270. The van der Waals surface area contributed by atoms with E-state index in [1.54, 1.807) is 18.2 Å². The average molecular weight is 501 g/mol. The molecule has 2 aliphatic heterocycles. The largest absolute Gasteiger partial charge is 0.456 e. The number of nitrogens with one attached hydrogen (secondary N) is 1. The van der Waals surface area contributed by atoms with Crippen LogP contribution in [0.1, 0.15) is 42.1 Å². The number of carbonyl (C=O) groups excluding carboxylic acids is 4. The number of fused-ring (bicyclic) bond motifs is 1. The van der Waals surface area contributed by atoms with Gasteiger partial charge in [0.2, 0.25) is 23.5 Å². The summed E-state index contributed by atoms with van der Waals surface area (Å²) in [5.41, 5.74) is 7.60. The maximum Gasteiger partial charge on any atom is 0.329 e. The topological polar surface area (TPSA) is 132 Å². The molecular weight excluding hydrogens is 479 g/mol. The van der Waals surface area contributed by atoms with E-state index in [9.17, 15) is 23.6 Å². The van der Waals surface area contributed by atoms with Gasteiger partial charge in [0.1, 0.15) is 11.9 Å². The third-order valence-electron chi connectivity index (χ3n) is 5.94. The number of anilines is 2. The van der Waals surface area contributed by atoms with Crippen molar-refractivity contribution in [1.29, 1.82) is 0 Å². The van der Waals surface area contributed by atoms with Crippen LogP contribution in [0.5, 0.6) is 0 Å². The Hall–Kier alpha value is -3.79. The van der Waals surface area contributed by atoms with Crippen LogP contribution < -0.4 is 11.1 Å². The first-order chi connectivity index (χ1) is 16.6. The minimum absolute atomic E-state index is 0.0453. The Morgan fingerprint density at radius 3 is 2.74 bits per heavy atom. The van der Waals surface area contributed by atoms with Crippen LogP contribution in [-0.4, -0.2) is 52.1 Å². The highest BCUT2D eigenvalue weighted by atomic mass is 35.5. The second-order valence-electron chi connectivity index (χ2n) is 8.34. The Balaban J connectivity index is 1.41. The van der Waals surface area contributed by atoms with Crippen molar-refractivity contribution in [2.75, 3.05) is 17.7 Å². The molecule has 35 heavy (non-hydrogen) atoms. The van der Waals surface area contributed by atoms with Gasteiger partial charge in [0.25, 0.3) is 0 Å². The van der Waals surface area contributed by atoms with E-state index in [-0.39, 0.29) is 23.3 Å². The number of amides is 2. The number of hydrogen-bond acceptors (Lipinski definition) is 7. The molecule has 4 rings (SSSR count). The number of pyridine rings is 1. The van der Waals surface area contributed by atoms with E-state index in [1.807, 2.05) is 0 Å². The number of esters is 1. The van der Waals surface area contributed by atoms with Crippen molar-refractivity contribution in [3.8, 4) is 0 Å². The summed E-state index contributed by atoms with van der Waals surface area (Å²) in [5, 5.41) is 2.81. The fraction of sp³-hybridized carbons (Fsp3) is 0.292. The molecule has 2 aromatic rings. The Kier molecular flexibility index (Phi) is 6.83. The van der Waals surface area contributed by atoms with Gasteiger partial charge in [-0.2, -0.15) is 4.39 Å². The number of carbonyl (C=O) groups is 4. The van der Waals surface area contributed by atoms with E-state index in [2.05, 4.69) is 10.3 Å². The summed E-state index contributed by atoms with van der Waals surface area (Å²) in [4.78, 5) is 54.0. The molecule has 3 heterocycles. The van der Waals surface area contributed by atoms with Gasteiger partial charge in [-0.1, -0.05) is 11.6 Å². The Bertz CT molecular complexity index is 1260. The van der Waals surface area contributed by atoms with Gasteiger partial charge in [-0.3, -0.25) is 14.4 Å². The van der Waals surface area contributed by atoms with Crippen LogP contribution in [0.25, 0.3) is 5.57 Å². The molecule has 11 heteroatoms. The number of benzene rings is 1. The van der Waals surface area contributed by atoms with Crippen molar-refractivity contribution in [2.45, 2.75) is 38.3 Å². The van der Waals surface area contributed by atoms with E-state index in [0.717, 1.165) is 11.6 Å². The summed E-state index contributed by atoms with van der Waals surface area (Å²) in [6.07, 6.45) is 2.88. The fourth-order valence-corrected chi connectivity index (χ4v) is 4.55. The first-order valence-corrected chi connectivity index (χ1v) is 11.2. The predicted octanol–water partition coefficient (Wildman–Crippen LogP) is 2.99. The molecule has 2 amide bonds. The molecule has 0 radical (unpaired) electrons. The summed E-state index contributed by atoms with van der Waals surface area (Å²) >= 11 is 6.08. The maximum atomic E-state index is 14.2. The fourth-order valence-electron chi connectivity index (χ4n) is 4.38. The van der Waals surface area contributed by atoms with E-state index >= 15 is 0 Å². The monoisotopic (exact) mass is 500 g/mol. The van der Waals surface area contributed by atoms with E-state index in [1.165, 1.54) is 24.0 Å². The molecule has 0 spiro atoms. The highest BCUT2D eigenvalue weighted by Gasteiger charge is 2.43. The van der Waals surface area contributed by atoms with Crippen LogP contribution >= 0.6 is 11.6 Å². The first kappa shape index (κ1) is 24.3. The SMILES string of the molecule is CC(=O)Nc1ccc(C(=O)COC(=O)[C@@H]2CCC3CC(c4cc(Cl)ccc4N)=CC(=O)N32)c(F)n1. The molecule has 0 bridgehead atoms. The molecule has 2 aliphatic rings. The number of rotatable bonds is 6. The van der Waals surface area contributed by atoms with Gasteiger partial charge >= 0.3 is 5.97 Å². The third-order valence-corrected chi connectivity index (χ3v) is 6.18. The Morgan fingerprint density at radius 2 is 2.03 bits per heavy atom. The molecule has 3 N–H and O–H groups in total. The maximum absolute atomic E-state index is 14.2. The average Bonchev–Trinajstić information content (AvgIpc) is 3.23. The van der Waals surface area contributed by atoms with E-state index in [0.29, 0.717) is 35.5 Å². The van der Waals surface area contributed by atoms with Gasteiger partial charge in [0, 0.05) is 35.3 Å². The molecule has 2 atom stereocenters. The number of nitrogens with zero attached hydrogens (tertiary/aromatic N) is 2. The van der Waals surface area contributed by atoms with Crippen molar-refractivity contribution in [3.63, 3.8) is 0 Å². The van der Waals surface area contributed by atoms with Gasteiger partial charge < -0.3 is 20.7 Å². The van der Waals surface area contributed by atoms with Crippen molar-refractivity contribution in [3.05, 3.63) is 58.5 Å². The number of Topliss-reactive ketones (excluding diaryl/α,β-unsaturated/α-hetero) is 1. The van der Waals surface area contributed by atoms with Crippen molar-refractivity contribution in [1.82, 2.24) is 9.88 Å². The zero-order chi connectivity index (χ0) is 25.3. The Labute approximate surface area is 205 Å². The minimum Gasteiger partial charge on any atom is -0.456 e. The summed E-state index contributed by atoms with van der Waals surface area (Å²) < 4.78 is 19.3. The normalized spacial score (nSPS) is 19.1. The number of halogens is 2. The lowest BCUT2D eigenvalue weighted by atomic mass is 9.93. The number of hydrogen-bond donors (Lipinski definition) is 2. The van der Waals surface area contributed by atoms with Crippen molar-refractivity contribution >= 4 is 52.2 Å². The van der Waals surface area contributed by atoms with Crippen LogP contribution in [0, 0.1) is 5.95 Å². The standard InChI is InChI=1S/C24H22ClFN4O5/c1-12(31)28-21-7-4-16(23(26)29-21)20(32)11-35-24(34)19-6-3-15-8-13(9-22(33)30(15)19)17-10-14(25)2-5-18(17)27/h2,4-5,7,9-10,15,19H,3,6,8,11,27H2,1H3,(H,28,29,31)/t15?,19-/m0/s1. The summed E-state index contributed by atoms with van der Waals surface area (Å²) in [6.45, 7) is 0.530. The van der Waals surface area contributed by atoms with Crippen molar-refractivity contribution in [2.24, 2.45) is 0 Å². The molecular formula is C24H22ClFN4O5. The van der Waals surface area contributed by atoms with Crippen LogP contribution in [0.4, 0.5) is 15.9 Å². The molecule has 1 aromatic heterocycles. The zero-order valence-corrected chi connectivity index (χ0v) is 19.5. The van der Waals surface area contributed by atoms with Gasteiger partial charge in [-0.25, -0.2) is 9.78 Å². The van der Waals surface area contributed by atoms with E-state index in [4.69, 9.17) is 22.1 Å². The first-order valence-electron chi connectivity index (χ1n) is 10.9. The summed E-state index contributed by atoms with van der Waals surface area (Å²) in [5.74, 6) is -3.47. The van der Waals surface area contributed by atoms with Crippen LogP contribution in [-0.2, 0) is 19.1 Å². The van der Waals surface area contributed by atoms with E-state index < -0.39 is 36.3 Å². The molecule has 1 aromatic carbocycles. The highest BCUT2D eigenvalue weighted by molar-refractivity contribution is 6.31. The molecule has 0 saturated carbocycles. The van der Waals surface area contributed by atoms with Crippen LogP contribution in [0.15, 0.2) is 36.4 Å². The molecule has 0 aliphatic carbocycles. The van der Waals surface area contributed by atoms with Crippen molar-refractivity contribution < 1.29 is 28.3 Å². The smallest absolute Gasteiger partial charge is 0.329 e.